The van der Waals surface area contributed by atoms with E-state index in [0.717, 1.165) is 38.3 Å². The van der Waals surface area contributed by atoms with Crippen LogP contribution in [0.3, 0.4) is 0 Å². The number of likely N-dealkylation sites (tertiary alicyclic amines) is 1. The molecule has 2 N–H and O–H groups in total. The highest BCUT2D eigenvalue weighted by Gasteiger charge is 2.55. The van der Waals surface area contributed by atoms with Crippen LogP contribution >= 0.6 is 0 Å². The highest BCUT2D eigenvalue weighted by molar-refractivity contribution is 6.07. The van der Waals surface area contributed by atoms with E-state index in [1.165, 1.54) is 17.0 Å². The maximum atomic E-state index is 13.8. The van der Waals surface area contributed by atoms with Crippen LogP contribution in [0, 0.1) is 23.6 Å². The largest absolute Gasteiger partial charge is 0.348 e. The molecule has 7 nitrogen and oxygen atoms in total. The first kappa shape index (κ1) is 21.1. The number of rotatable bonds is 6. The van der Waals surface area contributed by atoms with Crippen molar-refractivity contribution < 1.29 is 14.0 Å². The van der Waals surface area contributed by atoms with E-state index in [0.29, 0.717) is 5.56 Å². The number of nitrogens with zero attached hydrogens (tertiary/aromatic N) is 3. The van der Waals surface area contributed by atoms with Gasteiger partial charge >= 0.3 is 6.03 Å². The van der Waals surface area contributed by atoms with Crippen LogP contribution in [0.2, 0.25) is 0 Å². The second-order valence-corrected chi connectivity index (χ2v) is 8.11. The first-order chi connectivity index (χ1) is 15.0. The van der Waals surface area contributed by atoms with Gasteiger partial charge in [0.05, 0.1) is 13.1 Å². The third-order valence-corrected chi connectivity index (χ3v) is 6.20. The number of urea groups is 1. The molecule has 2 fully saturated rings. The number of imidazole rings is 1. The average Bonchev–Trinajstić information content (AvgIpc) is 3.34. The molecular weight excluding hydrogens is 397 g/mol. The fourth-order valence-electron chi connectivity index (χ4n) is 4.64. The molecule has 2 aromatic rings. The van der Waals surface area contributed by atoms with Gasteiger partial charge in [-0.05, 0) is 56.5 Å². The Morgan fingerprint density at radius 2 is 2.10 bits per heavy atom. The first-order valence-corrected chi connectivity index (χ1v) is 10.5. The maximum Gasteiger partial charge on any atom is 0.325 e. The average molecular weight is 423 g/mol. The van der Waals surface area contributed by atoms with Crippen LogP contribution in [0.1, 0.15) is 31.2 Å². The van der Waals surface area contributed by atoms with Gasteiger partial charge in [0.1, 0.15) is 17.2 Å². The van der Waals surface area contributed by atoms with Gasteiger partial charge in [-0.1, -0.05) is 18.1 Å². The Kier molecular flexibility index (Phi) is 6.05. The number of halogens is 1. The number of hydrogen-bond donors (Lipinski definition) is 2. The molecule has 1 unspecified atom stereocenters. The van der Waals surface area contributed by atoms with E-state index in [1.54, 1.807) is 31.5 Å². The van der Waals surface area contributed by atoms with E-state index in [-0.39, 0.29) is 30.6 Å². The summed E-state index contributed by atoms with van der Waals surface area (Å²) in [5.74, 6) is 5.77. The predicted molar refractivity (Wildman–Crippen MR) is 113 cm³/mol. The molecule has 2 aliphatic rings. The number of amides is 3. The van der Waals surface area contributed by atoms with E-state index >= 15 is 0 Å². The van der Waals surface area contributed by atoms with Gasteiger partial charge < -0.3 is 10.3 Å². The summed E-state index contributed by atoms with van der Waals surface area (Å²) < 4.78 is 13.8. The van der Waals surface area contributed by atoms with Crippen molar-refractivity contribution in [2.45, 2.75) is 38.3 Å². The fraction of sp³-hybridized carbons (Fsp3) is 0.435. The van der Waals surface area contributed by atoms with Gasteiger partial charge in [-0.2, -0.15) is 0 Å². The third kappa shape index (κ3) is 4.32. The smallest absolute Gasteiger partial charge is 0.325 e. The number of hydrogen-bond acceptors (Lipinski definition) is 4. The summed E-state index contributed by atoms with van der Waals surface area (Å²) >= 11 is 0. The van der Waals surface area contributed by atoms with Crippen molar-refractivity contribution in [2.75, 3.05) is 19.6 Å². The number of aromatic nitrogens is 2. The van der Waals surface area contributed by atoms with Crippen molar-refractivity contribution in [3.63, 3.8) is 0 Å². The van der Waals surface area contributed by atoms with Crippen LogP contribution < -0.4 is 5.32 Å². The van der Waals surface area contributed by atoms with E-state index in [1.807, 2.05) is 0 Å². The van der Waals surface area contributed by atoms with Gasteiger partial charge in [0, 0.05) is 18.8 Å². The monoisotopic (exact) mass is 423 g/mol. The molecule has 8 heteroatoms. The third-order valence-electron chi connectivity index (χ3n) is 6.20. The lowest BCUT2D eigenvalue weighted by atomic mass is 9.74. The normalized spacial score (nSPS) is 22.3. The molecule has 162 valence electrons. The second-order valence-electron chi connectivity index (χ2n) is 8.11. The van der Waals surface area contributed by atoms with Crippen molar-refractivity contribution in [1.29, 1.82) is 0 Å². The Labute approximate surface area is 181 Å². The molecule has 1 atom stereocenters. The highest BCUT2D eigenvalue weighted by atomic mass is 19.1. The van der Waals surface area contributed by atoms with E-state index in [2.05, 4.69) is 32.0 Å². The van der Waals surface area contributed by atoms with Crippen LogP contribution in [0.5, 0.6) is 0 Å². The summed E-state index contributed by atoms with van der Waals surface area (Å²) in [4.78, 5) is 37.1. The van der Waals surface area contributed by atoms with Gasteiger partial charge in [0.15, 0.2) is 0 Å². The number of carbonyl (C=O) groups excluding carboxylic acids is 2. The number of H-pyrrole nitrogens is 1. The summed E-state index contributed by atoms with van der Waals surface area (Å²) in [6.45, 7) is 4.02. The highest BCUT2D eigenvalue weighted by Crippen LogP contribution is 2.36. The molecule has 4 rings (SSSR count). The summed E-state index contributed by atoms with van der Waals surface area (Å²) in [6.07, 6.45) is 5.28. The molecule has 3 amide bonds. The van der Waals surface area contributed by atoms with Crippen molar-refractivity contribution in [2.24, 2.45) is 5.92 Å². The number of nitrogens with one attached hydrogen (secondary N) is 2. The minimum Gasteiger partial charge on any atom is -0.348 e. The zero-order valence-electron chi connectivity index (χ0n) is 17.5. The lowest BCUT2D eigenvalue weighted by molar-refractivity contribution is -0.133. The number of aromatic amines is 1. The zero-order valence-corrected chi connectivity index (χ0v) is 17.5. The maximum absolute atomic E-state index is 13.8. The Bertz CT molecular complexity index is 1000. The van der Waals surface area contributed by atoms with E-state index < -0.39 is 11.6 Å². The molecule has 3 heterocycles. The van der Waals surface area contributed by atoms with E-state index in [9.17, 15) is 14.0 Å². The number of imide groups is 1. The molecule has 2 aliphatic heterocycles. The van der Waals surface area contributed by atoms with Crippen molar-refractivity contribution >= 4 is 11.9 Å². The molecule has 0 bridgehead atoms. The van der Waals surface area contributed by atoms with Gasteiger partial charge in [0.2, 0.25) is 0 Å². The zero-order chi connectivity index (χ0) is 21.8. The Morgan fingerprint density at radius 1 is 1.29 bits per heavy atom. The van der Waals surface area contributed by atoms with Crippen LogP contribution in [0.25, 0.3) is 0 Å². The fourth-order valence-corrected chi connectivity index (χ4v) is 4.64. The molecule has 1 aromatic heterocycles. The van der Waals surface area contributed by atoms with Crippen LogP contribution in [0.15, 0.2) is 36.7 Å². The number of piperidine rings is 1. The predicted octanol–water partition coefficient (Wildman–Crippen LogP) is 2.32. The molecule has 0 radical (unpaired) electrons. The molecule has 31 heavy (non-hydrogen) atoms. The Morgan fingerprint density at radius 3 is 2.77 bits per heavy atom. The van der Waals surface area contributed by atoms with Gasteiger partial charge in [-0.25, -0.2) is 14.2 Å². The summed E-state index contributed by atoms with van der Waals surface area (Å²) in [5.41, 5.74) is -0.396. The molecule has 0 aliphatic carbocycles. The SMILES string of the molecule is CC#CCN1C(=O)NC(Cc2cccc(F)c2)(C2CCN(Cc3ncc[nH]3)CC2)C1=O. The topological polar surface area (TPSA) is 81.3 Å². The Balaban J connectivity index is 1.56. The number of benzene rings is 1. The van der Waals surface area contributed by atoms with Crippen LogP contribution in [-0.2, 0) is 17.8 Å². The molecular formula is C23H26FN5O2. The molecule has 0 saturated carbocycles. The van der Waals surface area contributed by atoms with Crippen molar-refractivity contribution in [1.82, 2.24) is 25.1 Å². The molecule has 1 aromatic carbocycles. The quantitative estimate of drug-likeness (QED) is 0.552. The minimum atomic E-state index is -1.09. The van der Waals surface area contributed by atoms with Crippen LogP contribution in [-0.4, -0.2) is 56.9 Å². The van der Waals surface area contributed by atoms with Crippen molar-refractivity contribution in [3.05, 3.63) is 53.9 Å². The van der Waals surface area contributed by atoms with Gasteiger partial charge in [-0.3, -0.25) is 14.6 Å². The van der Waals surface area contributed by atoms with Crippen molar-refractivity contribution in [3.8, 4) is 11.8 Å². The lowest BCUT2D eigenvalue weighted by Gasteiger charge is -2.40. The van der Waals surface area contributed by atoms with Gasteiger partial charge in [0.25, 0.3) is 5.91 Å². The molecule has 2 saturated heterocycles. The summed E-state index contributed by atoms with van der Waals surface area (Å²) in [5, 5.41) is 2.98. The van der Waals surface area contributed by atoms with Gasteiger partial charge in [-0.15, -0.1) is 5.92 Å². The Hall–Kier alpha value is -3.18. The summed E-state index contributed by atoms with van der Waals surface area (Å²) in [7, 11) is 0. The first-order valence-electron chi connectivity index (χ1n) is 10.5. The lowest BCUT2D eigenvalue weighted by Crippen LogP contribution is -2.57. The summed E-state index contributed by atoms with van der Waals surface area (Å²) in [6, 6.07) is 5.81. The minimum absolute atomic E-state index is 0.0559. The van der Waals surface area contributed by atoms with E-state index in [4.69, 9.17) is 0 Å². The number of carbonyl (C=O) groups is 2. The molecule has 0 spiro atoms. The standard InChI is InChI=1S/C23H26FN5O2/c1-2-3-11-29-21(30)23(27-22(29)31,15-17-5-4-6-19(24)14-17)18-7-12-28(13-8-18)16-20-25-9-10-26-20/h4-6,9-10,14,18H,7-8,11-13,15-16H2,1H3,(H,25,26)(H,27,31). The second kappa shape index (κ2) is 8.90. The van der Waals surface area contributed by atoms with Crippen LogP contribution in [0.4, 0.5) is 9.18 Å².